The molecule has 0 aromatic heterocycles. The molecule has 0 spiro atoms. The summed E-state index contributed by atoms with van der Waals surface area (Å²) in [6.45, 7) is 7.17. The molecule has 24 heavy (non-hydrogen) atoms. The Labute approximate surface area is 140 Å². The highest BCUT2D eigenvalue weighted by atomic mass is 32.2. The first kappa shape index (κ1) is 18.0. The number of carbonyl (C=O) groups is 2. The first-order valence-corrected chi connectivity index (χ1v) is 9.02. The van der Waals surface area contributed by atoms with Crippen LogP contribution in [-0.2, 0) is 19.4 Å². The molecule has 1 aromatic carbocycles. The molecule has 8 heteroatoms. The van der Waals surface area contributed by atoms with Crippen LogP contribution in [0, 0.1) is 0 Å². The van der Waals surface area contributed by atoms with E-state index in [0.29, 0.717) is 11.3 Å². The van der Waals surface area contributed by atoms with Crippen LogP contribution in [0.5, 0.6) is 5.75 Å². The average Bonchev–Trinajstić information content (AvgIpc) is 2.50. The molecule has 1 aliphatic heterocycles. The van der Waals surface area contributed by atoms with Crippen LogP contribution in [0.3, 0.4) is 0 Å². The van der Waals surface area contributed by atoms with Crippen molar-refractivity contribution >= 4 is 27.4 Å². The normalized spacial score (nSPS) is 17.2. The van der Waals surface area contributed by atoms with E-state index in [1.807, 2.05) is 0 Å². The van der Waals surface area contributed by atoms with Gasteiger partial charge < -0.3 is 14.7 Å². The van der Waals surface area contributed by atoms with Crippen molar-refractivity contribution in [1.82, 2.24) is 0 Å². The van der Waals surface area contributed by atoms with E-state index in [1.165, 1.54) is 30.0 Å². The number of hydrogen-bond donors (Lipinski definition) is 1. The molecule has 1 aromatic rings. The van der Waals surface area contributed by atoms with Crippen molar-refractivity contribution in [2.24, 2.45) is 0 Å². The SMILES string of the molecule is C=C(C)CN1C(=O)C(CC(=O)O)Oc2ccc(S(=O)(=O)CC)cc21. The number of ether oxygens (including phenoxy) is 1. The van der Waals surface area contributed by atoms with Gasteiger partial charge in [-0.2, -0.15) is 0 Å². The van der Waals surface area contributed by atoms with Crippen LogP contribution in [0.4, 0.5) is 5.69 Å². The summed E-state index contributed by atoms with van der Waals surface area (Å²) in [5, 5.41) is 8.93. The molecule has 2 rings (SSSR count). The van der Waals surface area contributed by atoms with E-state index in [2.05, 4.69) is 6.58 Å². The molecule has 1 unspecified atom stereocenters. The van der Waals surface area contributed by atoms with Gasteiger partial charge in [0.2, 0.25) is 0 Å². The summed E-state index contributed by atoms with van der Waals surface area (Å²) in [5.74, 6) is -1.48. The first-order chi connectivity index (χ1) is 11.2. The van der Waals surface area contributed by atoms with Gasteiger partial charge in [0, 0.05) is 6.54 Å². The Morgan fingerprint density at radius 1 is 1.42 bits per heavy atom. The third-order valence-electron chi connectivity index (χ3n) is 3.56. The van der Waals surface area contributed by atoms with E-state index in [0.717, 1.165) is 0 Å². The predicted octanol–water partition coefficient (Wildman–Crippen LogP) is 1.63. The van der Waals surface area contributed by atoms with Gasteiger partial charge >= 0.3 is 5.97 Å². The number of carbonyl (C=O) groups excluding carboxylic acids is 1. The van der Waals surface area contributed by atoms with Gasteiger partial charge in [0.1, 0.15) is 5.75 Å². The van der Waals surface area contributed by atoms with Crippen LogP contribution in [-0.4, -0.2) is 43.8 Å². The fourth-order valence-electron chi connectivity index (χ4n) is 2.38. The lowest BCUT2D eigenvalue weighted by Crippen LogP contribution is -2.47. The number of carboxylic acids is 1. The minimum absolute atomic E-state index is 0.0668. The van der Waals surface area contributed by atoms with Crippen molar-refractivity contribution in [3.05, 3.63) is 30.4 Å². The van der Waals surface area contributed by atoms with E-state index in [4.69, 9.17) is 9.84 Å². The largest absolute Gasteiger partial charge is 0.481 e. The Morgan fingerprint density at radius 2 is 2.08 bits per heavy atom. The Balaban J connectivity index is 2.53. The van der Waals surface area contributed by atoms with Gasteiger partial charge in [-0.1, -0.05) is 19.1 Å². The number of amides is 1. The second-order valence-corrected chi connectivity index (χ2v) is 7.90. The highest BCUT2D eigenvalue weighted by molar-refractivity contribution is 7.91. The maximum Gasteiger partial charge on any atom is 0.307 e. The predicted molar refractivity (Wildman–Crippen MR) is 88.0 cm³/mol. The lowest BCUT2D eigenvalue weighted by Gasteiger charge is -2.34. The zero-order chi connectivity index (χ0) is 18.1. The summed E-state index contributed by atoms with van der Waals surface area (Å²) in [6.07, 6.45) is -1.62. The number of anilines is 1. The molecule has 0 radical (unpaired) electrons. The van der Waals surface area contributed by atoms with E-state index in [9.17, 15) is 18.0 Å². The maximum atomic E-state index is 12.5. The summed E-state index contributed by atoms with van der Waals surface area (Å²) in [4.78, 5) is 24.9. The Hall–Kier alpha value is -2.35. The number of nitrogens with zero attached hydrogens (tertiary/aromatic N) is 1. The molecule has 7 nitrogen and oxygen atoms in total. The zero-order valence-corrected chi connectivity index (χ0v) is 14.3. The third kappa shape index (κ3) is 3.59. The van der Waals surface area contributed by atoms with Crippen molar-refractivity contribution in [3.8, 4) is 5.75 Å². The van der Waals surface area contributed by atoms with Gasteiger partial charge in [-0.25, -0.2) is 8.42 Å². The molecule has 0 saturated heterocycles. The second kappa shape index (κ2) is 6.64. The topological polar surface area (TPSA) is 101 Å². The molecule has 1 N–H and O–H groups in total. The third-order valence-corrected chi connectivity index (χ3v) is 5.29. The van der Waals surface area contributed by atoms with Crippen LogP contribution in [0.1, 0.15) is 20.3 Å². The smallest absolute Gasteiger partial charge is 0.307 e. The lowest BCUT2D eigenvalue weighted by atomic mass is 10.1. The molecule has 0 aliphatic carbocycles. The number of fused-ring (bicyclic) bond motifs is 1. The van der Waals surface area contributed by atoms with Gasteiger partial charge in [0.05, 0.1) is 22.8 Å². The maximum absolute atomic E-state index is 12.5. The Morgan fingerprint density at radius 3 is 2.62 bits per heavy atom. The number of hydrogen-bond acceptors (Lipinski definition) is 5. The molecule has 1 aliphatic rings. The molecular weight excluding hydrogens is 334 g/mol. The van der Waals surface area contributed by atoms with Crippen molar-refractivity contribution in [2.45, 2.75) is 31.3 Å². The molecule has 1 heterocycles. The highest BCUT2D eigenvalue weighted by Crippen LogP contribution is 2.37. The molecule has 0 bridgehead atoms. The first-order valence-electron chi connectivity index (χ1n) is 7.36. The number of benzene rings is 1. The van der Waals surface area contributed by atoms with Crippen LogP contribution < -0.4 is 9.64 Å². The van der Waals surface area contributed by atoms with Crippen molar-refractivity contribution in [1.29, 1.82) is 0 Å². The second-order valence-electron chi connectivity index (χ2n) is 5.62. The number of aliphatic carboxylic acids is 1. The van der Waals surface area contributed by atoms with Crippen LogP contribution in [0.15, 0.2) is 35.2 Å². The average molecular weight is 353 g/mol. The van der Waals surface area contributed by atoms with E-state index < -0.39 is 34.2 Å². The van der Waals surface area contributed by atoms with Gasteiger partial charge in [-0.15, -0.1) is 0 Å². The number of carboxylic acid groups (broad SMARTS) is 1. The molecule has 130 valence electrons. The summed E-state index contributed by atoms with van der Waals surface area (Å²) in [6, 6.07) is 4.22. The highest BCUT2D eigenvalue weighted by Gasteiger charge is 2.36. The molecule has 0 saturated carbocycles. The van der Waals surface area contributed by atoms with Crippen molar-refractivity contribution in [2.75, 3.05) is 17.2 Å². The van der Waals surface area contributed by atoms with Gasteiger partial charge in [-0.3, -0.25) is 9.59 Å². The quantitative estimate of drug-likeness (QED) is 0.780. The minimum Gasteiger partial charge on any atom is -0.481 e. The van der Waals surface area contributed by atoms with E-state index in [1.54, 1.807) is 6.92 Å². The van der Waals surface area contributed by atoms with Gasteiger partial charge in [0.25, 0.3) is 5.91 Å². The lowest BCUT2D eigenvalue weighted by molar-refractivity contribution is -0.142. The summed E-state index contributed by atoms with van der Waals surface area (Å²) in [5.41, 5.74) is 0.980. The van der Waals surface area contributed by atoms with Gasteiger partial charge in [-0.05, 0) is 25.1 Å². The number of rotatable bonds is 6. The summed E-state index contributed by atoms with van der Waals surface area (Å²) < 4.78 is 29.6. The molecule has 1 atom stereocenters. The van der Waals surface area contributed by atoms with E-state index in [-0.39, 0.29) is 22.9 Å². The minimum atomic E-state index is -3.44. The van der Waals surface area contributed by atoms with Crippen LogP contribution in [0.2, 0.25) is 0 Å². The monoisotopic (exact) mass is 353 g/mol. The fraction of sp³-hybridized carbons (Fsp3) is 0.375. The standard InChI is InChI=1S/C16H19NO6S/c1-4-24(21,22)11-5-6-13-12(7-11)17(9-10(2)3)16(20)14(23-13)8-15(18)19/h5-7,14H,2,4,8-9H2,1,3H3,(H,18,19). The summed E-state index contributed by atoms with van der Waals surface area (Å²) >= 11 is 0. The molecule has 1 amide bonds. The Kier molecular flexibility index (Phi) is 4.98. The molecule has 0 fully saturated rings. The van der Waals surface area contributed by atoms with E-state index >= 15 is 0 Å². The van der Waals surface area contributed by atoms with Crippen LogP contribution in [0.25, 0.3) is 0 Å². The molecular formula is C16H19NO6S. The number of sulfone groups is 1. The van der Waals surface area contributed by atoms with Crippen LogP contribution >= 0.6 is 0 Å². The fourth-order valence-corrected chi connectivity index (χ4v) is 3.28. The Bertz CT molecular complexity index is 799. The van der Waals surface area contributed by atoms with Crippen molar-refractivity contribution in [3.63, 3.8) is 0 Å². The summed E-state index contributed by atoms with van der Waals surface area (Å²) in [7, 11) is -3.44. The van der Waals surface area contributed by atoms with Crippen molar-refractivity contribution < 1.29 is 27.9 Å². The zero-order valence-electron chi connectivity index (χ0n) is 13.5. The van der Waals surface area contributed by atoms with Gasteiger partial charge in [0.15, 0.2) is 15.9 Å².